The Labute approximate surface area is 103 Å². The molecule has 0 amide bonds. The fourth-order valence-corrected chi connectivity index (χ4v) is 2.44. The molecule has 0 aliphatic carbocycles. The maximum atomic E-state index is 5.55. The van der Waals surface area contributed by atoms with Gasteiger partial charge in [0.25, 0.3) is 0 Å². The predicted octanol–water partition coefficient (Wildman–Crippen LogP) is 3.15. The van der Waals surface area contributed by atoms with Crippen LogP contribution < -0.4 is 11.3 Å². The summed E-state index contributed by atoms with van der Waals surface area (Å²) in [7, 11) is 0. The van der Waals surface area contributed by atoms with Crippen LogP contribution in [0.25, 0.3) is 10.9 Å². The van der Waals surface area contributed by atoms with E-state index in [0.717, 1.165) is 33.2 Å². The molecule has 4 heteroatoms. The van der Waals surface area contributed by atoms with Crippen molar-refractivity contribution in [2.75, 3.05) is 5.43 Å². The second-order valence-electron chi connectivity index (χ2n) is 3.80. The monoisotopic (exact) mass is 279 g/mol. The lowest BCUT2D eigenvalue weighted by atomic mass is 10.1. The molecular formula is C12H14BrN3. The zero-order valence-corrected chi connectivity index (χ0v) is 10.9. The summed E-state index contributed by atoms with van der Waals surface area (Å²) in [5.74, 6) is 5.55. The van der Waals surface area contributed by atoms with E-state index in [0.29, 0.717) is 0 Å². The zero-order valence-electron chi connectivity index (χ0n) is 9.34. The number of rotatable bonds is 2. The molecule has 0 radical (unpaired) electrons. The van der Waals surface area contributed by atoms with Gasteiger partial charge in [-0.3, -0.25) is 10.8 Å². The van der Waals surface area contributed by atoms with Gasteiger partial charge in [0, 0.05) is 15.6 Å². The molecule has 0 saturated carbocycles. The first-order chi connectivity index (χ1) is 7.65. The Bertz CT molecular complexity index is 537. The maximum absolute atomic E-state index is 5.55. The van der Waals surface area contributed by atoms with Crippen LogP contribution in [-0.4, -0.2) is 4.98 Å². The van der Waals surface area contributed by atoms with Crippen molar-refractivity contribution in [2.24, 2.45) is 5.84 Å². The highest BCUT2D eigenvalue weighted by molar-refractivity contribution is 9.10. The van der Waals surface area contributed by atoms with Crippen LogP contribution in [0, 0.1) is 6.92 Å². The first-order valence-electron chi connectivity index (χ1n) is 5.22. The molecule has 0 spiro atoms. The number of anilines is 1. The highest BCUT2D eigenvalue weighted by Gasteiger charge is 2.07. The summed E-state index contributed by atoms with van der Waals surface area (Å²) in [6.45, 7) is 4.13. The molecule has 2 rings (SSSR count). The largest absolute Gasteiger partial charge is 0.323 e. The number of nitrogen functional groups attached to an aromatic ring is 1. The van der Waals surface area contributed by atoms with Crippen molar-refractivity contribution in [1.82, 2.24) is 4.98 Å². The van der Waals surface area contributed by atoms with Gasteiger partial charge in [-0.2, -0.15) is 0 Å². The number of nitrogens with two attached hydrogens (primary N) is 1. The molecule has 3 N–H and O–H groups in total. The first kappa shape index (κ1) is 11.4. The van der Waals surface area contributed by atoms with Crippen molar-refractivity contribution < 1.29 is 0 Å². The molecule has 1 heterocycles. The Morgan fingerprint density at radius 2 is 2.12 bits per heavy atom. The van der Waals surface area contributed by atoms with Crippen molar-refractivity contribution in [3.8, 4) is 0 Å². The van der Waals surface area contributed by atoms with Crippen LogP contribution in [0.5, 0.6) is 0 Å². The molecule has 0 fully saturated rings. The van der Waals surface area contributed by atoms with E-state index < -0.39 is 0 Å². The van der Waals surface area contributed by atoms with Gasteiger partial charge in [-0.25, -0.2) is 0 Å². The summed E-state index contributed by atoms with van der Waals surface area (Å²) < 4.78 is 1.01. The van der Waals surface area contributed by atoms with Gasteiger partial charge in [-0.15, -0.1) is 0 Å². The number of halogens is 1. The number of fused-ring (bicyclic) bond motifs is 1. The van der Waals surface area contributed by atoms with Crippen LogP contribution in [0.1, 0.15) is 18.2 Å². The number of nitrogens with one attached hydrogen (secondary N) is 1. The minimum Gasteiger partial charge on any atom is -0.323 e. The van der Waals surface area contributed by atoms with Crippen LogP contribution >= 0.6 is 15.9 Å². The van der Waals surface area contributed by atoms with Crippen molar-refractivity contribution in [3.63, 3.8) is 0 Å². The molecule has 1 aromatic carbocycles. The molecule has 3 nitrogen and oxygen atoms in total. The highest BCUT2D eigenvalue weighted by atomic mass is 79.9. The van der Waals surface area contributed by atoms with Gasteiger partial charge in [-0.1, -0.05) is 6.92 Å². The first-order valence-corrected chi connectivity index (χ1v) is 6.01. The summed E-state index contributed by atoms with van der Waals surface area (Å²) in [6, 6.07) is 6.14. The standard InChI is InChI=1S/C12H14BrN3/c1-3-8-6-11(16-14)9-4-7(2)5-10(13)12(9)15-8/h4-6H,3,14H2,1-2H3,(H,15,16). The van der Waals surface area contributed by atoms with Gasteiger partial charge < -0.3 is 5.43 Å². The van der Waals surface area contributed by atoms with E-state index >= 15 is 0 Å². The van der Waals surface area contributed by atoms with Gasteiger partial charge in [0.2, 0.25) is 0 Å². The lowest BCUT2D eigenvalue weighted by molar-refractivity contribution is 1.05. The average molecular weight is 280 g/mol. The smallest absolute Gasteiger partial charge is 0.0868 e. The molecule has 0 aliphatic rings. The third-order valence-electron chi connectivity index (χ3n) is 2.58. The molecule has 16 heavy (non-hydrogen) atoms. The number of aromatic nitrogens is 1. The van der Waals surface area contributed by atoms with Crippen LogP contribution in [0.4, 0.5) is 5.69 Å². The molecular weight excluding hydrogens is 266 g/mol. The second-order valence-corrected chi connectivity index (χ2v) is 4.66. The van der Waals surface area contributed by atoms with Crippen LogP contribution in [0.15, 0.2) is 22.7 Å². The molecule has 84 valence electrons. The Hall–Kier alpha value is -1.13. The number of benzene rings is 1. The average Bonchev–Trinajstić information content (AvgIpc) is 2.28. The third-order valence-corrected chi connectivity index (χ3v) is 3.19. The van der Waals surface area contributed by atoms with E-state index in [1.165, 1.54) is 5.56 Å². The van der Waals surface area contributed by atoms with Crippen LogP contribution in [0.2, 0.25) is 0 Å². The summed E-state index contributed by atoms with van der Waals surface area (Å²) >= 11 is 3.54. The molecule has 0 aliphatic heterocycles. The molecule has 2 aromatic rings. The number of hydrogen-bond acceptors (Lipinski definition) is 3. The topological polar surface area (TPSA) is 50.9 Å². The highest BCUT2D eigenvalue weighted by Crippen LogP contribution is 2.29. The third kappa shape index (κ3) is 1.90. The summed E-state index contributed by atoms with van der Waals surface area (Å²) in [4.78, 5) is 4.60. The van der Waals surface area contributed by atoms with E-state index in [1.54, 1.807) is 0 Å². The zero-order chi connectivity index (χ0) is 11.7. The Morgan fingerprint density at radius 3 is 2.75 bits per heavy atom. The summed E-state index contributed by atoms with van der Waals surface area (Å²) in [5.41, 5.74) is 6.83. The lowest BCUT2D eigenvalue weighted by Gasteiger charge is -2.10. The van der Waals surface area contributed by atoms with Gasteiger partial charge >= 0.3 is 0 Å². The maximum Gasteiger partial charge on any atom is 0.0868 e. The van der Waals surface area contributed by atoms with E-state index in [2.05, 4.69) is 52.3 Å². The van der Waals surface area contributed by atoms with Gasteiger partial charge in [0.05, 0.1) is 11.2 Å². The number of pyridine rings is 1. The molecule has 0 bridgehead atoms. The van der Waals surface area contributed by atoms with Crippen molar-refractivity contribution in [3.05, 3.63) is 33.9 Å². The normalized spacial score (nSPS) is 10.8. The SMILES string of the molecule is CCc1cc(NN)c2cc(C)cc(Br)c2n1. The van der Waals surface area contributed by atoms with E-state index in [-0.39, 0.29) is 0 Å². The molecule has 0 saturated heterocycles. The summed E-state index contributed by atoms with van der Waals surface area (Å²) in [6.07, 6.45) is 0.894. The van der Waals surface area contributed by atoms with E-state index in [4.69, 9.17) is 5.84 Å². The fourth-order valence-electron chi connectivity index (χ4n) is 1.77. The second kappa shape index (κ2) is 4.39. The van der Waals surface area contributed by atoms with Crippen molar-refractivity contribution in [1.29, 1.82) is 0 Å². The Kier molecular flexibility index (Phi) is 3.12. The fraction of sp³-hybridized carbons (Fsp3) is 0.250. The molecule has 0 unspecified atom stereocenters. The van der Waals surface area contributed by atoms with Crippen molar-refractivity contribution in [2.45, 2.75) is 20.3 Å². The number of aryl methyl sites for hydroxylation is 2. The predicted molar refractivity (Wildman–Crippen MR) is 71.4 cm³/mol. The number of hydrazine groups is 1. The minimum atomic E-state index is 0.894. The van der Waals surface area contributed by atoms with Gasteiger partial charge in [0.15, 0.2) is 0 Å². The minimum absolute atomic E-state index is 0.894. The Balaban J connectivity index is 2.83. The van der Waals surface area contributed by atoms with Crippen molar-refractivity contribution >= 4 is 32.5 Å². The van der Waals surface area contributed by atoms with Crippen LogP contribution in [0.3, 0.4) is 0 Å². The van der Waals surface area contributed by atoms with Crippen LogP contribution in [-0.2, 0) is 6.42 Å². The quantitative estimate of drug-likeness (QED) is 0.656. The summed E-state index contributed by atoms with van der Waals surface area (Å²) in [5, 5.41) is 1.05. The number of hydrogen-bond donors (Lipinski definition) is 2. The Morgan fingerprint density at radius 1 is 1.38 bits per heavy atom. The lowest BCUT2D eigenvalue weighted by Crippen LogP contribution is -2.08. The van der Waals surface area contributed by atoms with Gasteiger partial charge in [0.1, 0.15) is 0 Å². The molecule has 0 atom stereocenters. The van der Waals surface area contributed by atoms with E-state index in [1.807, 2.05) is 6.07 Å². The van der Waals surface area contributed by atoms with Gasteiger partial charge in [-0.05, 0) is 53.0 Å². The van der Waals surface area contributed by atoms with E-state index in [9.17, 15) is 0 Å². The molecule has 1 aromatic heterocycles. The number of nitrogens with zero attached hydrogens (tertiary/aromatic N) is 1.